The second-order valence-corrected chi connectivity index (χ2v) is 11.2. The van der Waals surface area contributed by atoms with Crippen molar-refractivity contribution in [3.8, 4) is 22.0 Å². The van der Waals surface area contributed by atoms with Crippen LogP contribution in [0.25, 0.3) is 49.3 Å². The molecule has 0 spiro atoms. The zero-order valence-electron chi connectivity index (χ0n) is 22.4. The molecule has 4 heterocycles. The van der Waals surface area contributed by atoms with E-state index in [0.717, 1.165) is 67.8 Å². The summed E-state index contributed by atoms with van der Waals surface area (Å²) < 4.78 is 0. The number of allylic oxidation sites excluding steroid dienone is 5. The Bertz CT molecular complexity index is 1710. The Kier molecular flexibility index (Phi) is 7.16. The van der Waals surface area contributed by atoms with Crippen molar-refractivity contribution in [2.75, 3.05) is 0 Å². The van der Waals surface area contributed by atoms with Gasteiger partial charge in [0.1, 0.15) is 5.69 Å². The van der Waals surface area contributed by atoms with Crippen molar-refractivity contribution < 1.29 is 0 Å². The van der Waals surface area contributed by atoms with E-state index in [4.69, 9.17) is 4.98 Å². The van der Waals surface area contributed by atoms with Crippen molar-refractivity contribution in [2.24, 2.45) is 5.92 Å². The fourth-order valence-electron chi connectivity index (χ4n) is 4.73. The smallest absolute Gasteiger partial charge is 0.116 e. The number of thiophene rings is 1. The summed E-state index contributed by atoms with van der Waals surface area (Å²) in [4.78, 5) is 10.7. The van der Waals surface area contributed by atoms with Crippen molar-refractivity contribution in [2.45, 2.75) is 34.1 Å². The number of rotatable bonds is 9. The van der Waals surface area contributed by atoms with Crippen molar-refractivity contribution in [3.63, 3.8) is 0 Å². The van der Waals surface area contributed by atoms with Crippen LogP contribution in [0.2, 0.25) is 0 Å². The van der Waals surface area contributed by atoms with Gasteiger partial charge < -0.3 is 10.3 Å². The molecule has 1 aromatic carbocycles. The van der Waals surface area contributed by atoms with Gasteiger partial charge in [-0.1, -0.05) is 39.1 Å². The highest BCUT2D eigenvalue weighted by molar-refractivity contribution is 7.15. The van der Waals surface area contributed by atoms with Gasteiger partial charge in [0.05, 0.1) is 21.8 Å². The van der Waals surface area contributed by atoms with Crippen molar-refractivity contribution in [3.05, 3.63) is 102 Å². The quantitative estimate of drug-likeness (QED) is 0.170. The average molecular weight is 520 g/mol. The van der Waals surface area contributed by atoms with E-state index in [1.807, 2.05) is 18.3 Å². The molecule has 6 heteroatoms. The van der Waals surface area contributed by atoms with Crippen LogP contribution in [0.15, 0.2) is 91.4 Å². The van der Waals surface area contributed by atoms with Gasteiger partial charge in [0.25, 0.3) is 0 Å². The molecule has 3 N–H and O–H groups in total. The van der Waals surface area contributed by atoms with Crippen LogP contribution in [0.4, 0.5) is 0 Å². The summed E-state index contributed by atoms with van der Waals surface area (Å²) in [5, 5.41) is 13.5. The summed E-state index contributed by atoms with van der Waals surface area (Å²) >= 11 is 1.76. The molecular formula is C32H33N5S. The van der Waals surface area contributed by atoms with Crippen LogP contribution >= 0.6 is 11.3 Å². The summed E-state index contributed by atoms with van der Waals surface area (Å²) in [5.74, 6) is 0.537. The molecule has 0 amide bonds. The number of nitrogens with zero attached hydrogens (tertiary/aromatic N) is 2. The second kappa shape index (κ2) is 10.7. The molecule has 0 fully saturated rings. The third-order valence-corrected chi connectivity index (χ3v) is 7.50. The topological polar surface area (TPSA) is 69.4 Å². The first-order valence-electron chi connectivity index (χ1n) is 12.8. The van der Waals surface area contributed by atoms with E-state index in [0.29, 0.717) is 5.92 Å². The number of aryl methyl sites for hydroxylation is 1. The van der Waals surface area contributed by atoms with Crippen LogP contribution in [0, 0.1) is 12.8 Å². The molecule has 5 rings (SSSR count). The Balaban J connectivity index is 1.52. The molecule has 38 heavy (non-hydrogen) atoms. The maximum absolute atomic E-state index is 4.70. The standard InChI is InChI=1S/C32H33N5S/c1-7-22(16-24(8-2)34-20(5)15-19(3)4)23-10-11-28-25(17-23)31(37-36-28)29-18-26-27(35-29)13-14-33-32(26)30-12-9-21(6)38-30/h7-14,16-19,34-35H,2,5,15H2,1,3-4,6H3,(H,36,37)/b22-7+,24-16+. The lowest BCUT2D eigenvalue weighted by Gasteiger charge is -2.13. The maximum atomic E-state index is 4.70. The molecule has 0 aliphatic heterocycles. The van der Waals surface area contributed by atoms with Gasteiger partial charge in [0, 0.05) is 38.8 Å². The lowest BCUT2D eigenvalue weighted by Crippen LogP contribution is -2.12. The van der Waals surface area contributed by atoms with Crippen molar-refractivity contribution in [1.82, 2.24) is 25.5 Å². The minimum Gasteiger partial charge on any atom is -0.359 e. The molecule has 5 nitrogen and oxygen atoms in total. The molecule has 0 atom stereocenters. The molecule has 0 aliphatic rings. The largest absolute Gasteiger partial charge is 0.359 e. The second-order valence-electron chi connectivity index (χ2n) is 9.92. The van der Waals surface area contributed by atoms with Gasteiger partial charge in [0.2, 0.25) is 0 Å². The zero-order valence-corrected chi connectivity index (χ0v) is 23.2. The molecule has 192 valence electrons. The summed E-state index contributed by atoms with van der Waals surface area (Å²) in [6.07, 6.45) is 8.83. The minimum absolute atomic E-state index is 0.537. The molecule has 4 aromatic heterocycles. The number of benzene rings is 1. The first-order chi connectivity index (χ1) is 18.4. The van der Waals surface area contributed by atoms with E-state index in [9.17, 15) is 0 Å². The fraction of sp³-hybridized carbons (Fsp3) is 0.188. The number of aromatic amines is 2. The number of nitrogens with one attached hydrogen (secondary N) is 3. The Morgan fingerprint density at radius 1 is 1.08 bits per heavy atom. The molecule has 0 saturated carbocycles. The first-order valence-corrected chi connectivity index (χ1v) is 13.7. The van der Waals surface area contributed by atoms with E-state index < -0.39 is 0 Å². The monoisotopic (exact) mass is 519 g/mol. The third-order valence-electron chi connectivity index (χ3n) is 6.49. The summed E-state index contributed by atoms with van der Waals surface area (Å²) in [6.45, 7) is 16.7. The molecule has 0 bridgehead atoms. The Hall–Kier alpha value is -4.16. The highest BCUT2D eigenvalue weighted by Gasteiger charge is 2.16. The number of fused-ring (bicyclic) bond motifs is 2. The van der Waals surface area contributed by atoms with Crippen molar-refractivity contribution >= 4 is 38.7 Å². The Labute approximate surface area is 227 Å². The fourth-order valence-corrected chi connectivity index (χ4v) is 5.61. The van der Waals surface area contributed by atoms with Crippen LogP contribution in [0.5, 0.6) is 0 Å². The molecule has 0 radical (unpaired) electrons. The molecule has 5 aromatic rings. The van der Waals surface area contributed by atoms with Crippen LogP contribution in [-0.2, 0) is 0 Å². The molecule has 0 unspecified atom stereocenters. The van der Waals surface area contributed by atoms with Crippen molar-refractivity contribution in [1.29, 1.82) is 0 Å². The van der Waals surface area contributed by atoms with Crippen LogP contribution in [0.3, 0.4) is 0 Å². The van der Waals surface area contributed by atoms with Gasteiger partial charge in [-0.2, -0.15) is 5.10 Å². The Morgan fingerprint density at radius 2 is 1.89 bits per heavy atom. The predicted molar refractivity (Wildman–Crippen MR) is 163 cm³/mol. The van der Waals surface area contributed by atoms with Gasteiger partial charge in [-0.15, -0.1) is 11.3 Å². The normalized spacial score (nSPS) is 12.6. The van der Waals surface area contributed by atoms with E-state index in [1.165, 1.54) is 9.75 Å². The van der Waals surface area contributed by atoms with Crippen LogP contribution in [-0.4, -0.2) is 20.2 Å². The predicted octanol–water partition coefficient (Wildman–Crippen LogP) is 8.77. The summed E-state index contributed by atoms with van der Waals surface area (Å²) in [5.41, 5.74) is 8.98. The number of hydrogen-bond donors (Lipinski definition) is 3. The number of pyridine rings is 1. The highest BCUT2D eigenvalue weighted by atomic mass is 32.1. The number of aromatic nitrogens is 4. The number of hydrogen-bond acceptors (Lipinski definition) is 4. The summed E-state index contributed by atoms with van der Waals surface area (Å²) in [7, 11) is 0. The average Bonchev–Trinajstić information content (AvgIpc) is 3.63. The third kappa shape index (κ3) is 5.13. The molecular weight excluding hydrogens is 486 g/mol. The SMILES string of the molecule is C=C/C(=C\C(=C/C)c1ccc2[nH]nc(-c3cc4c(-c5ccc(C)s5)nccc4[nH]3)c2c1)NC(=C)CC(C)C. The van der Waals surface area contributed by atoms with Gasteiger partial charge in [0.15, 0.2) is 0 Å². The van der Waals surface area contributed by atoms with E-state index in [1.54, 1.807) is 11.3 Å². The van der Waals surface area contributed by atoms with Gasteiger partial charge in [-0.05, 0) is 85.9 Å². The maximum Gasteiger partial charge on any atom is 0.116 e. The number of H-pyrrole nitrogens is 2. The summed E-state index contributed by atoms with van der Waals surface area (Å²) in [6, 6.07) is 14.8. The van der Waals surface area contributed by atoms with Gasteiger partial charge in [-0.3, -0.25) is 10.1 Å². The lowest BCUT2D eigenvalue weighted by atomic mass is 10.0. The Morgan fingerprint density at radius 3 is 2.61 bits per heavy atom. The van der Waals surface area contributed by atoms with E-state index in [-0.39, 0.29) is 0 Å². The van der Waals surface area contributed by atoms with Crippen LogP contribution in [0.1, 0.15) is 37.6 Å². The zero-order chi connectivity index (χ0) is 26.8. The van der Waals surface area contributed by atoms with Gasteiger partial charge >= 0.3 is 0 Å². The lowest BCUT2D eigenvalue weighted by molar-refractivity contribution is 0.622. The van der Waals surface area contributed by atoms with E-state index >= 15 is 0 Å². The molecule has 0 aliphatic carbocycles. The first kappa shape index (κ1) is 25.5. The minimum atomic E-state index is 0.537. The van der Waals surface area contributed by atoms with Gasteiger partial charge in [-0.25, -0.2) is 0 Å². The molecule has 0 saturated heterocycles. The van der Waals surface area contributed by atoms with Crippen LogP contribution < -0.4 is 5.32 Å². The highest BCUT2D eigenvalue weighted by Crippen LogP contribution is 2.36. The van der Waals surface area contributed by atoms with E-state index in [2.05, 4.69) is 110 Å².